The average molecular weight is 504 g/mol. The average Bonchev–Trinajstić information content (AvgIpc) is 2.79. The molecule has 3 aromatic carbocycles. The molecule has 6 heteroatoms. The number of carbonyl (C=O) groups excluding carboxylic acids is 1. The molecule has 0 N–H and O–H groups in total. The van der Waals surface area contributed by atoms with Crippen LogP contribution in [0.5, 0.6) is 11.5 Å². The van der Waals surface area contributed by atoms with Crippen molar-refractivity contribution in [3.63, 3.8) is 0 Å². The van der Waals surface area contributed by atoms with Crippen molar-refractivity contribution in [2.24, 2.45) is 0 Å². The molecule has 0 spiro atoms. The predicted molar refractivity (Wildman–Crippen MR) is 137 cm³/mol. The van der Waals surface area contributed by atoms with E-state index >= 15 is 0 Å². The van der Waals surface area contributed by atoms with Gasteiger partial charge >= 0.3 is 0 Å². The molecule has 0 heterocycles. The van der Waals surface area contributed by atoms with Crippen LogP contribution in [0.15, 0.2) is 54.6 Å². The standard InChI is InChI=1S/C27H25Cl3O3/c1-16(2)21-14-23(29)17(3)11-27(21)33-15-20-12-18(6-10-26(20)32-4)5-9-25(31)19-7-8-22(28)24(30)13-19/h5-14,16H,15H2,1-4H3/b9-5+. The molecule has 0 saturated heterocycles. The van der Waals surface area contributed by atoms with Crippen LogP contribution in [0.2, 0.25) is 15.1 Å². The Bertz CT molecular complexity index is 1200. The molecule has 0 amide bonds. The summed E-state index contributed by atoms with van der Waals surface area (Å²) in [5.41, 5.74) is 4.19. The molecular weight excluding hydrogens is 479 g/mol. The number of benzene rings is 3. The summed E-state index contributed by atoms with van der Waals surface area (Å²) < 4.78 is 11.7. The second-order valence-electron chi connectivity index (χ2n) is 7.98. The van der Waals surface area contributed by atoms with Gasteiger partial charge in [0.15, 0.2) is 5.78 Å². The van der Waals surface area contributed by atoms with Crippen LogP contribution in [0.3, 0.4) is 0 Å². The van der Waals surface area contributed by atoms with Gasteiger partial charge in [-0.1, -0.05) is 60.8 Å². The van der Waals surface area contributed by atoms with Crippen LogP contribution in [0.4, 0.5) is 0 Å². The Morgan fingerprint density at radius 2 is 1.70 bits per heavy atom. The Labute approximate surface area is 209 Å². The first kappa shape index (κ1) is 25.2. The molecule has 33 heavy (non-hydrogen) atoms. The van der Waals surface area contributed by atoms with E-state index in [0.717, 1.165) is 33.0 Å². The first-order valence-electron chi connectivity index (χ1n) is 10.5. The SMILES string of the molecule is COc1ccc(/C=C/C(=O)c2ccc(Cl)c(Cl)c2)cc1COc1cc(C)c(Cl)cc1C(C)C. The fourth-order valence-electron chi connectivity index (χ4n) is 3.33. The molecule has 0 aliphatic heterocycles. The van der Waals surface area contributed by atoms with Crippen molar-refractivity contribution in [1.82, 2.24) is 0 Å². The van der Waals surface area contributed by atoms with E-state index in [1.165, 1.54) is 6.08 Å². The van der Waals surface area contributed by atoms with Gasteiger partial charge in [0.25, 0.3) is 0 Å². The maximum atomic E-state index is 12.5. The smallest absolute Gasteiger partial charge is 0.185 e. The lowest BCUT2D eigenvalue weighted by atomic mass is 10.0. The molecule has 0 unspecified atom stereocenters. The van der Waals surface area contributed by atoms with Crippen LogP contribution < -0.4 is 9.47 Å². The van der Waals surface area contributed by atoms with Gasteiger partial charge in [-0.05, 0) is 78.1 Å². The summed E-state index contributed by atoms with van der Waals surface area (Å²) >= 11 is 18.3. The Kier molecular flexibility index (Phi) is 8.47. The van der Waals surface area contributed by atoms with Gasteiger partial charge in [-0.25, -0.2) is 0 Å². The van der Waals surface area contributed by atoms with E-state index in [1.807, 2.05) is 37.3 Å². The monoisotopic (exact) mass is 502 g/mol. The Hall–Kier alpha value is -2.46. The summed E-state index contributed by atoms with van der Waals surface area (Å²) in [6.07, 6.45) is 3.26. The molecule has 3 rings (SSSR count). The Morgan fingerprint density at radius 3 is 2.36 bits per heavy atom. The molecule has 3 aromatic rings. The molecule has 0 aromatic heterocycles. The number of allylic oxidation sites excluding steroid dienone is 1. The molecule has 0 atom stereocenters. The summed E-state index contributed by atoms with van der Waals surface area (Å²) in [5.74, 6) is 1.60. The van der Waals surface area contributed by atoms with Crippen LogP contribution in [0, 0.1) is 6.92 Å². The van der Waals surface area contributed by atoms with Gasteiger partial charge in [0.2, 0.25) is 0 Å². The van der Waals surface area contributed by atoms with Crippen LogP contribution in [0.1, 0.15) is 52.4 Å². The molecule has 0 aliphatic rings. The topological polar surface area (TPSA) is 35.5 Å². The highest BCUT2D eigenvalue weighted by molar-refractivity contribution is 6.42. The van der Waals surface area contributed by atoms with E-state index in [-0.39, 0.29) is 11.7 Å². The molecule has 0 fully saturated rings. The van der Waals surface area contributed by atoms with Crippen molar-refractivity contribution in [3.05, 3.63) is 97.5 Å². The van der Waals surface area contributed by atoms with Crippen LogP contribution in [0.25, 0.3) is 6.08 Å². The van der Waals surface area contributed by atoms with E-state index < -0.39 is 0 Å². The minimum Gasteiger partial charge on any atom is -0.496 e. The zero-order chi connectivity index (χ0) is 24.1. The lowest BCUT2D eigenvalue weighted by Gasteiger charge is -2.17. The van der Waals surface area contributed by atoms with Gasteiger partial charge in [-0.3, -0.25) is 4.79 Å². The molecule has 0 aliphatic carbocycles. The summed E-state index contributed by atoms with van der Waals surface area (Å²) in [5, 5.41) is 1.48. The Balaban J connectivity index is 1.81. The largest absolute Gasteiger partial charge is 0.496 e. The fourth-order valence-corrected chi connectivity index (χ4v) is 3.80. The number of rotatable bonds is 8. The third-order valence-corrected chi connectivity index (χ3v) is 6.38. The molecule has 0 bridgehead atoms. The second-order valence-corrected chi connectivity index (χ2v) is 9.20. The summed E-state index contributed by atoms with van der Waals surface area (Å²) in [4.78, 5) is 12.5. The van der Waals surface area contributed by atoms with Crippen molar-refractivity contribution in [2.45, 2.75) is 33.3 Å². The maximum Gasteiger partial charge on any atom is 0.185 e. The maximum absolute atomic E-state index is 12.5. The number of carbonyl (C=O) groups is 1. The van der Waals surface area contributed by atoms with E-state index in [0.29, 0.717) is 28.0 Å². The molecular formula is C27H25Cl3O3. The zero-order valence-corrected chi connectivity index (χ0v) is 21.2. The van der Waals surface area contributed by atoms with E-state index in [9.17, 15) is 4.79 Å². The number of ketones is 1. The van der Waals surface area contributed by atoms with Crippen molar-refractivity contribution >= 4 is 46.7 Å². The highest BCUT2D eigenvalue weighted by Crippen LogP contribution is 2.33. The van der Waals surface area contributed by atoms with Gasteiger partial charge in [0.1, 0.15) is 18.1 Å². The van der Waals surface area contributed by atoms with Gasteiger partial charge in [-0.15, -0.1) is 0 Å². The van der Waals surface area contributed by atoms with Gasteiger partial charge < -0.3 is 9.47 Å². The Morgan fingerprint density at radius 1 is 0.939 bits per heavy atom. The fraction of sp³-hybridized carbons (Fsp3) is 0.222. The van der Waals surface area contributed by atoms with Crippen LogP contribution in [-0.4, -0.2) is 12.9 Å². The first-order chi connectivity index (χ1) is 15.7. The summed E-state index contributed by atoms with van der Waals surface area (Å²) in [6, 6.07) is 14.4. The van der Waals surface area contributed by atoms with Crippen molar-refractivity contribution < 1.29 is 14.3 Å². The molecule has 3 nitrogen and oxygen atoms in total. The highest BCUT2D eigenvalue weighted by Gasteiger charge is 2.13. The minimum absolute atomic E-state index is 0.166. The predicted octanol–water partition coefficient (Wildman–Crippen LogP) is 8.56. The third kappa shape index (κ3) is 6.32. The van der Waals surface area contributed by atoms with Crippen molar-refractivity contribution in [2.75, 3.05) is 7.11 Å². The number of aryl methyl sites for hydroxylation is 1. The third-order valence-electron chi connectivity index (χ3n) is 5.23. The van der Waals surface area contributed by atoms with Gasteiger partial charge in [0.05, 0.1) is 17.2 Å². The second kappa shape index (κ2) is 11.1. The lowest BCUT2D eigenvalue weighted by Crippen LogP contribution is -2.03. The molecule has 0 saturated carbocycles. The minimum atomic E-state index is -0.166. The molecule has 0 radical (unpaired) electrons. The summed E-state index contributed by atoms with van der Waals surface area (Å²) in [7, 11) is 1.62. The number of methoxy groups -OCH3 is 1. The van der Waals surface area contributed by atoms with E-state index in [4.69, 9.17) is 44.3 Å². The van der Waals surface area contributed by atoms with Gasteiger partial charge in [0, 0.05) is 16.1 Å². The number of hydrogen-bond donors (Lipinski definition) is 0. The van der Waals surface area contributed by atoms with E-state index in [1.54, 1.807) is 31.4 Å². The van der Waals surface area contributed by atoms with E-state index in [2.05, 4.69) is 13.8 Å². The first-order valence-corrected chi connectivity index (χ1v) is 11.6. The van der Waals surface area contributed by atoms with Crippen LogP contribution >= 0.6 is 34.8 Å². The molecule has 172 valence electrons. The quantitative estimate of drug-likeness (QED) is 0.228. The highest BCUT2D eigenvalue weighted by atomic mass is 35.5. The van der Waals surface area contributed by atoms with Crippen LogP contribution in [-0.2, 0) is 6.61 Å². The zero-order valence-electron chi connectivity index (χ0n) is 18.9. The van der Waals surface area contributed by atoms with Crippen molar-refractivity contribution in [3.8, 4) is 11.5 Å². The summed E-state index contributed by atoms with van der Waals surface area (Å²) in [6.45, 7) is 6.47. The normalized spacial score (nSPS) is 11.3. The number of ether oxygens (including phenoxy) is 2. The number of halogens is 3. The van der Waals surface area contributed by atoms with Gasteiger partial charge in [-0.2, -0.15) is 0 Å². The van der Waals surface area contributed by atoms with Crippen molar-refractivity contribution in [1.29, 1.82) is 0 Å². The number of hydrogen-bond acceptors (Lipinski definition) is 3. The lowest BCUT2D eigenvalue weighted by molar-refractivity contribution is 0.104.